The number of ketones is 1. The Morgan fingerprint density at radius 2 is 1.56 bits per heavy atom. The second kappa shape index (κ2) is 6.98. The summed E-state index contributed by atoms with van der Waals surface area (Å²) >= 11 is 6.66. The number of aliphatic imine (C=N–C) groups is 2. The van der Waals surface area contributed by atoms with Crippen molar-refractivity contribution in [2.45, 2.75) is 0 Å². The fourth-order valence-electron chi connectivity index (χ4n) is 1.13. The van der Waals surface area contributed by atoms with Gasteiger partial charge in [0.25, 0.3) is 0 Å². The van der Waals surface area contributed by atoms with Gasteiger partial charge in [-0.1, -0.05) is 47.0 Å². The molecule has 0 atom stereocenters. The summed E-state index contributed by atoms with van der Waals surface area (Å²) in [6.45, 7) is 1.81. The molecule has 2 aliphatic rings. The molecule has 0 N–H and O–H groups in total. The second-order valence-corrected chi connectivity index (χ2v) is 7.72. The van der Waals surface area contributed by atoms with E-state index in [9.17, 15) is 4.79 Å². The highest BCUT2D eigenvalue weighted by atomic mass is 32.2. The van der Waals surface area contributed by atoms with Gasteiger partial charge in [-0.25, -0.2) is 0 Å². The summed E-state index contributed by atoms with van der Waals surface area (Å²) in [5, 5.41) is 0. The van der Waals surface area contributed by atoms with Gasteiger partial charge in [-0.05, 0) is 0 Å². The molecular formula is C9H12N2OS4. The number of Topliss-reactive ketones (excluding diaryl/α,β-unsaturated/α-hetero) is 1. The number of rotatable bonds is 4. The van der Waals surface area contributed by atoms with Crippen LogP contribution in [0.1, 0.15) is 0 Å². The van der Waals surface area contributed by atoms with Crippen molar-refractivity contribution in [2.75, 3.05) is 36.1 Å². The Hall–Kier alpha value is 0.410. The molecule has 0 aromatic carbocycles. The molecule has 0 aliphatic carbocycles. The zero-order valence-corrected chi connectivity index (χ0v) is 11.9. The maximum atomic E-state index is 11.6. The van der Waals surface area contributed by atoms with Crippen molar-refractivity contribution in [1.82, 2.24) is 0 Å². The van der Waals surface area contributed by atoms with Crippen LogP contribution in [0.25, 0.3) is 0 Å². The van der Waals surface area contributed by atoms with E-state index in [-0.39, 0.29) is 5.78 Å². The van der Waals surface area contributed by atoms with Crippen LogP contribution < -0.4 is 0 Å². The van der Waals surface area contributed by atoms with Gasteiger partial charge in [-0.15, -0.1) is 0 Å². The average Bonchev–Trinajstić information content (AvgIpc) is 2.96. The van der Waals surface area contributed by atoms with Gasteiger partial charge in [-0.3, -0.25) is 14.8 Å². The zero-order chi connectivity index (χ0) is 11.2. The van der Waals surface area contributed by atoms with Gasteiger partial charge in [0, 0.05) is 11.5 Å². The lowest BCUT2D eigenvalue weighted by molar-refractivity contribution is -0.114. The van der Waals surface area contributed by atoms with Gasteiger partial charge in [0.2, 0.25) is 0 Å². The Balaban J connectivity index is 1.60. The first kappa shape index (κ1) is 12.9. The Bertz CT molecular complexity index is 299. The normalized spacial score (nSPS) is 19.8. The van der Waals surface area contributed by atoms with Crippen LogP contribution in [0.3, 0.4) is 0 Å². The minimum atomic E-state index is 0.278. The fourth-order valence-corrected chi connectivity index (χ4v) is 5.00. The van der Waals surface area contributed by atoms with Crippen molar-refractivity contribution in [3.8, 4) is 0 Å². The summed E-state index contributed by atoms with van der Waals surface area (Å²) in [4.78, 5) is 20.2. The van der Waals surface area contributed by atoms with Crippen molar-refractivity contribution in [3.63, 3.8) is 0 Å². The smallest absolute Gasteiger partial charge is 0.153 e. The van der Waals surface area contributed by atoms with Crippen LogP contribution in [0.4, 0.5) is 0 Å². The van der Waals surface area contributed by atoms with Gasteiger partial charge < -0.3 is 0 Å². The van der Waals surface area contributed by atoms with Gasteiger partial charge >= 0.3 is 0 Å². The molecule has 0 amide bonds. The van der Waals surface area contributed by atoms with Gasteiger partial charge in [0.1, 0.15) is 8.75 Å². The van der Waals surface area contributed by atoms with Crippen LogP contribution in [0.2, 0.25) is 0 Å². The molecule has 2 heterocycles. The van der Waals surface area contributed by atoms with Crippen LogP contribution in [-0.2, 0) is 4.79 Å². The minimum absolute atomic E-state index is 0.278. The van der Waals surface area contributed by atoms with Crippen molar-refractivity contribution in [2.24, 2.45) is 9.98 Å². The highest BCUT2D eigenvalue weighted by molar-refractivity contribution is 8.40. The molecule has 7 heteroatoms. The van der Waals surface area contributed by atoms with Gasteiger partial charge in [-0.2, -0.15) is 0 Å². The molecule has 0 spiro atoms. The molecule has 0 unspecified atom stereocenters. The van der Waals surface area contributed by atoms with Crippen LogP contribution in [0.15, 0.2) is 9.98 Å². The van der Waals surface area contributed by atoms with Gasteiger partial charge in [0.15, 0.2) is 5.78 Å². The lowest BCUT2D eigenvalue weighted by atomic mass is 10.5. The SMILES string of the molecule is O=C(CSC1=NCCS1)CSC1=NCCS1. The molecule has 0 radical (unpaired) electrons. The van der Waals surface area contributed by atoms with E-state index in [4.69, 9.17) is 0 Å². The first-order valence-corrected chi connectivity index (χ1v) is 8.90. The maximum absolute atomic E-state index is 11.6. The molecule has 2 aliphatic heterocycles. The number of hydrogen-bond acceptors (Lipinski definition) is 7. The molecule has 0 saturated carbocycles. The van der Waals surface area contributed by atoms with E-state index in [1.165, 1.54) is 0 Å². The van der Waals surface area contributed by atoms with E-state index in [2.05, 4.69) is 9.98 Å². The first-order chi connectivity index (χ1) is 7.84. The number of carbonyl (C=O) groups is 1. The maximum Gasteiger partial charge on any atom is 0.153 e. The minimum Gasteiger partial charge on any atom is -0.298 e. The Labute approximate surface area is 112 Å². The van der Waals surface area contributed by atoms with Crippen LogP contribution in [0.5, 0.6) is 0 Å². The lowest BCUT2D eigenvalue weighted by Crippen LogP contribution is -2.07. The third-order valence-corrected chi connectivity index (χ3v) is 6.45. The summed E-state index contributed by atoms with van der Waals surface area (Å²) in [5.41, 5.74) is 0. The highest BCUT2D eigenvalue weighted by Crippen LogP contribution is 2.24. The fraction of sp³-hybridized carbons (Fsp3) is 0.667. The highest BCUT2D eigenvalue weighted by Gasteiger charge is 2.13. The van der Waals surface area contributed by atoms with E-state index in [1.54, 1.807) is 47.0 Å². The van der Waals surface area contributed by atoms with E-state index < -0.39 is 0 Å². The predicted octanol–water partition coefficient (Wildman–Crippen LogP) is 2.23. The largest absolute Gasteiger partial charge is 0.298 e. The summed E-state index contributed by atoms with van der Waals surface area (Å²) in [6.07, 6.45) is 0. The van der Waals surface area contributed by atoms with E-state index in [1.807, 2.05) is 0 Å². The van der Waals surface area contributed by atoms with Crippen molar-refractivity contribution < 1.29 is 4.79 Å². The van der Waals surface area contributed by atoms with E-state index in [0.29, 0.717) is 11.5 Å². The number of nitrogens with zero attached hydrogens (tertiary/aromatic N) is 2. The van der Waals surface area contributed by atoms with Crippen molar-refractivity contribution >= 4 is 61.6 Å². The van der Waals surface area contributed by atoms with Crippen LogP contribution in [-0.4, -0.2) is 50.6 Å². The molecule has 0 aromatic heterocycles. The monoisotopic (exact) mass is 292 g/mol. The zero-order valence-electron chi connectivity index (χ0n) is 8.68. The molecule has 0 aromatic rings. The molecule has 3 nitrogen and oxygen atoms in total. The Morgan fingerprint density at radius 3 is 1.94 bits per heavy atom. The Morgan fingerprint density at radius 1 is 1.06 bits per heavy atom. The molecule has 16 heavy (non-hydrogen) atoms. The number of thioether (sulfide) groups is 4. The van der Waals surface area contributed by atoms with E-state index in [0.717, 1.165) is 33.3 Å². The predicted molar refractivity (Wildman–Crippen MR) is 79.4 cm³/mol. The van der Waals surface area contributed by atoms with Gasteiger partial charge in [0.05, 0.1) is 24.6 Å². The third-order valence-electron chi connectivity index (χ3n) is 1.83. The molecular weight excluding hydrogens is 280 g/mol. The summed E-state index contributed by atoms with van der Waals surface area (Å²) in [5.74, 6) is 3.52. The topological polar surface area (TPSA) is 41.8 Å². The average molecular weight is 292 g/mol. The van der Waals surface area contributed by atoms with Crippen LogP contribution >= 0.6 is 47.0 Å². The Kier molecular flexibility index (Phi) is 5.61. The molecule has 2 rings (SSSR count). The lowest BCUT2D eigenvalue weighted by Gasteiger charge is -2.00. The number of carbonyl (C=O) groups excluding carboxylic acids is 1. The van der Waals surface area contributed by atoms with E-state index >= 15 is 0 Å². The summed E-state index contributed by atoms with van der Waals surface area (Å²) in [6, 6.07) is 0. The summed E-state index contributed by atoms with van der Waals surface area (Å²) < 4.78 is 2.15. The second-order valence-electron chi connectivity index (χ2n) is 3.11. The third kappa shape index (κ3) is 4.35. The standard InChI is InChI=1S/C9H12N2OS4/c12-7(5-15-8-10-1-3-13-8)6-16-9-11-2-4-14-9/h1-6H2. The van der Waals surface area contributed by atoms with Crippen LogP contribution in [0, 0.1) is 0 Å². The molecule has 0 fully saturated rings. The quantitative estimate of drug-likeness (QED) is 0.795. The molecule has 0 saturated heterocycles. The summed E-state index contributed by atoms with van der Waals surface area (Å²) in [7, 11) is 0. The van der Waals surface area contributed by atoms with Crippen molar-refractivity contribution in [3.05, 3.63) is 0 Å². The number of hydrogen-bond donors (Lipinski definition) is 0. The van der Waals surface area contributed by atoms with Crippen molar-refractivity contribution in [1.29, 1.82) is 0 Å². The molecule has 88 valence electrons. The first-order valence-electron chi connectivity index (χ1n) is 4.96. The molecule has 0 bridgehead atoms.